The third-order valence-corrected chi connectivity index (χ3v) is 4.48. The lowest BCUT2D eigenvalue weighted by Crippen LogP contribution is -2.30. The van der Waals surface area contributed by atoms with Gasteiger partial charge in [0.05, 0.1) is 6.04 Å². The molecule has 2 aliphatic rings. The molecule has 1 aromatic carbocycles. The summed E-state index contributed by atoms with van der Waals surface area (Å²) in [7, 11) is 2.09. The van der Waals surface area contributed by atoms with Gasteiger partial charge in [0.1, 0.15) is 11.3 Å². The van der Waals surface area contributed by atoms with Crippen LogP contribution in [0.4, 0.5) is 0 Å². The molecule has 4 rings (SSSR count). The summed E-state index contributed by atoms with van der Waals surface area (Å²) in [5, 5.41) is 10.9. The molecular formula is C21H18N2O. The van der Waals surface area contributed by atoms with E-state index in [-0.39, 0.29) is 11.8 Å². The van der Waals surface area contributed by atoms with Crippen molar-refractivity contribution in [1.29, 1.82) is 0 Å². The van der Waals surface area contributed by atoms with Gasteiger partial charge in [0.15, 0.2) is 0 Å². The smallest absolute Gasteiger partial charge is 0.141 e. The number of pyridine rings is 1. The van der Waals surface area contributed by atoms with Crippen LogP contribution in [0.5, 0.6) is 5.75 Å². The van der Waals surface area contributed by atoms with Crippen molar-refractivity contribution < 1.29 is 5.11 Å². The van der Waals surface area contributed by atoms with Crippen molar-refractivity contribution in [2.45, 2.75) is 6.04 Å². The van der Waals surface area contributed by atoms with E-state index in [4.69, 9.17) is 0 Å². The Kier molecular flexibility index (Phi) is 3.54. The van der Waals surface area contributed by atoms with Crippen molar-refractivity contribution in [2.24, 2.45) is 0 Å². The molecule has 2 aromatic rings. The van der Waals surface area contributed by atoms with Crippen molar-refractivity contribution in [3.63, 3.8) is 0 Å². The van der Waals surface area contributed by atoms with Crippen LogP contribution >= 0.6 is 0 Å². The Labute approximate surface area is 141 Å². The van der Waals surface area contributed by atoms with Gasteiger partial charge < -0.3 is 10.0 Å². The molecule has 1 aromatic heterocycles. The number of benzene rings is 1. The summed E-state index contributed by atoms with van der Waals surface area (Å²) in [5.74, 6) is 0.212. The van der Waals surface area contributed by atoms with Gasteiger partial charge in [-0.05, 0) is 34.9 Å². The quantitative estimate of drug-likeness (QED) is 0.902. The van der Waals surface area contributed by atoms with E-state index < -0.39 is 0 Å². The number of aromatic nitrogens is 1. The lowest BCUT2D eigenvalue weighted by molar-refractivity contribution is 0.420. The van der Waals surface area contributed by atoms with Crippen molar-refractivity contribution in [1.82, 2.24) is 9.88 Å². The predicted octanol–water partition coefficient (Wildman–Crippen LogP) is 4.20. The topological polar surface area (TPSA) is 36.4 Å². The maximum atomic E-state index is 9.97. The van der Waals surface area contributed by atoms with Gasteiger partial charge >= 0.3 is 0 Å². The second-order valence-electron chi connectivity index (χ2n) is 5.99. The van der Waals surface area contributed by atoms with Crippen LogP contribution < -0.4 is 0 Å². The van der Waals surface area contributed by atoms with Gasteiger partial charge in [-0.3, -0.25) is 4.98 Å². The minimum atomic E-state index is 0.212. The highest BCUT2D eigenvalue weighted by atomic mass is 16.3. The zero-order valence-corrected chi connectivity index (χ0v) is 13.4. The van der Waals surface area contributed by atoms with Crippen LogP contribution in [-0.4, -0.2) is 28.1 Å². The van der Waals surface area contributed by atoms with Gasteiger partial charge in [0.25, 0.3) is 0 Å². The number of hydrogen-bond donors (Lipinski definition) is 1. The van der Waals surface area contributed by atoms with Crippen LogP contribution in [0.2, 0.25) is 0 Å². The molecule has 0 fully saturated rings. The van der Waals surface area contributed by atoms with E-state index in [1.165, 1.54) is 11.1 Å². The van der Waals surface area contributed by atoms with Gasteiger partial charge in [-0.2, -0.15) is 0 Å². The summed E-state index contributed by atoms with van der Waals surface area (Å²) < 4.78 is 0. The lowest BCUT2D eigenvalue weighted by Gasteiger charge is -2.31. The molecule has 0 spiro atoms. The summed E-state index contributed by atoms with van der Waals surface area (Å²) in [6, 6.07) is 7.78. The number of aromatic hydroxyl groups is 1. The molecule has 2 heterocycles. The van der Waals surface area contributed by atoms with Crippen LogP contribution in [0.25, 0.3) is 17.0 Å². The van der Waals surface area contributed by atoms with Gasteiger partial charge in [-0.25, -0.2) is 0 Å². The fraction of sp³-hybridized carbons (Fsp3) is 0.0952. The zero-order chi connectivity index (χ0) is 16.5. The molecule has 0 amide bonds. The second-order valence-corrected chi connectivity index (χ2v) is 5.99. The number of allylic oxidation sites excluding steroid dienone is 5. The number of fused-ring (bicyclic) bond motifs is 2. The van der Waals surface area contributed by atoms with E-state index >= 15 is 0 Å². The van der Waals surface area contributed by atoms with E-state index in [0.29, 0.717) is 5.52 Å². The van der Waals surface area contributed by atoms with Gasteiger partial charge in [0.2, 0.25) is 0 Å². The molecular weight excluding hydrogens is 296 g/mol. The monoisotopic (exact) mass is 314 g/mol. The molecule has 3 nitrogen and oxygen atoms in total. The maximum absolute atomic E-state index is 9.97. The molecule has 0 bridgehead atoms. The molecule has 1 aliphatic carbocycles. The third kappa shape index (κ3) is 2.44. The number of nitrogens with zero attached hydrogens (tertiary/aromatic N) is 2. The van der Waals surface area contributed by atoms with Crippen molar-refractivity contribution in [3.05, 3.63) is 89.8 Å². The largest absolute Gasteiger partial charge is 0.506 e. The molecule has 0 saturated carbocycles. The zero-order valence-electron chi connectivity index (χ0n) is 13.4. The summed E-state index contributed by atoms with van der Waals surface area (Å²) in [6.07, 6.45) is 18.7. The van der Waals surface area contributed by atoms with Gasteiger partial charge in [-0.1, -0.05) is 48.6 Å². The predicted molar refractivity (Wildman–Crippen MR) is 98.4 cm³/mol. The fourth-order valence-corrected chi connectivity index (χ4v) is 3.20. The van der Waals surface area contributed by atoms with Crippen LogP contribution in [0.15, 0.2) is 84.3 Å². The Hall–Kier alpha value is -3.07. The van der Waals surface area contributed by atoms with E-state index in [1.54, 1.807) is 12.3 Å². The third-order valence-electron chi connectivity index (χ3n) is 4.48. The van der Waals surface area contributed by atoms with Crippen LogP contribution in [0.3, 0.4) is 0 Å². The Bertz CT molecular complexity index is 947. The summed E-state index contributed by atoms with van der Waals surface area (Å²) in [6.45, 7) is 0. The Morgan fingerprint density at radius 3 is 2.96 bits per heavy atom. The minimum absolute atomic E-state index is 0.212. The standard InChI is InChI=1S/C21H18N2O/c1-23-14-12-16(17-5-2-3-7-19(17)23)9-8-15-10-11-20(24)21-18(15)6-4-13-22-21/h2-14,19,24H,1H3/b9-8+. The van der Waals surface area contributed by atoms with Crippen LogP contribution in [0, 0.1) is 0 Å². The average molecular weight is 314 g/mol. The first-order valence-electron chi connectivity index (χ1n) is 7.98. The van der Waals surface area contributed by atoms with Crippen molar-refractivity contribution in [2.75, 3.05) is 7.05 Å². The summed E-state index contributed by atoms with van der Waals surface area (Å²) in [4.78, 5) is 6.48. The Morgan fingerprint density at radius 2 is 2.04 bits per heavy atom. The van der Waals surface area contributed by atoms with E-state index in [0.717, 1.165) is 10.9 Å². The van der Waals surface area contributed by atoms with Crippen molar-refractivity contribution >= 4 is 17.0 Å². The summed E-state index contributed by atoms with van der Waals surface area (Å²) >= 11 is 0. The van der Waals surface area contributed by atoms with Gasteiger partial charge in [-0.15, -0.1) is 0 Å². The SMILES string of the molecule is CN1C=CC(/C=C/c2ccc(O)c3ncccc23)=C2C=CC=CC21. The first kappa shape index (κ1) is 14.5. The first-order chi connectivity index (χ1) is 11.7. The lowest BCUT2D eigenvalue weighted by atomic mass is 9.92. The number of likely N-dealkylation sites (N-methyl/N-ethyl adjacent to an activating group) is 1. The molecule has 1 atom stereocenters. The first-order valence-corrected chi connectivity index (χ1v) is 7.98. The molecule has 1 aliphatic heterocycles. The number of phenols is 1. The molecule has 3 heteroatoms. The van der Waals surface area contributed by atoms with E-state index in [2.05, 4.69) is 65.7 Å². The highest BCUT2D eigenvalue weighted by Gasteiger charge is 2.19. The highest BCUT2D eigenvalue weighted by Crippen LogP contribution is 2.29. The van der Waals surface area contributed by atoms with Crippen LogP contribution in [-0.2, 0) is 0 Å². The maximum Gasteiger partial charge on any atom is 0.141 e. The Balaban J connectivity index is 1.76. The number of hydrogen-bond acceptors (Lipinski definition) is 3. The fourth-order valence-electron chi connectivity index (χ4n) is 3.20. The van der Waals surface area contributed by atoms with E-state index in [1.807, 2.05) is 18.2 Å². The minimum Gasteiger partial charge on any atom is -0.506 e. The van der Waals surface area contributed by atoms with Crippen molar-refractivity contribution in [3.8, 4) is 5.75 Å². The van der Waals surface area contributed by atoms with E-state index in [9.17, 15) is 5.11 Å². The number of phenolic OH excluding ortho intramolecular Hbond substituents is 1. The molecule has 24 heavy (non-hydrogen) atoms. The van der Waals surface area contributed by atoms with Gasteiger partial charge in [0, 0.05) is 24.8 Å². The average Bonchev–Trinajstić information content (AvgIpc) is 2.63. The Morgan fingerprint density at radius 1 is 1.12 bits per heavy atom. The molecule has 0 radical (unpaired) electrons. The molecule has 1 unspecified atom stereocenters. The van der Waals surface area contributed by atoms with Crippen LogP contribution in [0.1, 0.15) is 5.56 Å². The summed E-state index contributed by atoms with van der Waals surface area (Å²) in [5.41, 5.74) is 4.17. The molecule has 0 saturated heterocycles. The highest BCUT2D eigenvalue weighted by molar-refractivity contribution is 5.92. The molecule has 1 N–H and O–H groups in total. The second kappa shape index (κ2) is 5.85. The normalized spacial score (nSPS) is 19.5. The molecule has 118 valence electrons. The number of rotatable bonds is 2.